The fraction of sp³-hybridized carbons (Fsp3) is 0.429. The average molecular weight is 290 g/mol. The van der Waals surface area contributed by atoms with Gasteiger partial charge in [0.1, 0.15) is 12.1 Å². The molecule has 7 heteroatoms. The molecule has 0 aliphatic rings. The predicted molar refractivity (Wildman–Crippen MR) is 78.8 cm³/mol. The maximum absolute atomic E-state index is 12.0. The Hall–Kier alpha value is -2.62. The molecule has 1 rings (SSSR count). The molecule has 1 aromatic rings. The van der Waals surface area contributed by atoms with Crippen LogP contribution >= 0.6 is 0 Å². The second-order valence-electron chi connectivity index (χ2n) is 5.70. The highest BCUT2D eigenvalue weighted by molar-refractivity contribution is 5.85. The van der Waals surface area contributed by atoms with Crippen LogP contribution in [0, 0.1) is 21.4 Å². The van der Waals surface area contributed by atoms with E-state index in [4.69, 9.17) is 5.26 Å². The largest absolute Gasteiger partial charge is 0.373 e. The number of benzene rings is 1. The Labute approximate surface area is 123 Å². The van der Waals surface area contributed by atoms with Crippen LogP contribution in [0.25, 0.3) is 0 Å². The number of amides is 1. The number of hydrogen-bond donors (Lipinski definition) is 2. The molecule has 1 atom stereocenters. The SMILES string of the molecule is CC(Nc1ccc([N+](=O)[O-])cc1C#N)C(=O)NC(C)(C)C. The van der Waals surface area contributed by atoms with Crippen LogP contribution in [0.2, 0.25) is 0 Å². The molecule has 0 bridgehead atoms. The Morgan fingerprint density at radius 1 is 1.43 bits per heavy atom. The number of non-ortho nitro benzene ring substituents is 1. The zero-order valence-corrected chi connectivity index (χ0v) is 12.4. The zero-order chi connectivity index (χ0) is 16.2. The molecule has 0 saturated carbocycles. The van der Waals surface area contributed by atoms with E-state index in [-0.39, 0.29) is 22.7 Å². The molecule has 1 amide bonds. The summed E-state index contributed by atoms with van der Waals surface area (Å²) in [5.74, 6) is -0.218. The second kappa shape index (κ2) is 6.22. The fourth-order valence-electron chi connectivity index (χ4n) is 1.64. The first-order chi connectivity index (χ1) is 9.64. The van der Waals surface area contributed by atoms with Crippen molar-refractivity contribution in [2.75, 3.05) is 5.32 Å². The smallest absolute Gasteiger partial charge is 0.270 e. The molecule has 21 heavy (non-hydrogen) atoms. The molecule has 112 valence electrons. The van der Waals surface area contributed by atoms with Gasteiger partial charge in [0.15, 0.2) is 0 Å². The van der Waals surface area contributed by atoms with Crippen molar-refractivity contribution >= 4 is 17.3 Å². The van der Waals surface area contributed by atoms with E-state index < -0.39 is 11.0 Å². The quantitative estimate of drug-likeness (QED) is 0.652. The summed E-state index contributed by atoms with van der Waals surface area (Å²) in [5.41, 5.74) is -0.0104. The zero-order valence-electron chi connectivity index (χ0n) is 12.4. The van der Waals surface area contributed by atoms with E-state index in [2.05, 4.69) is 10.6 Å². The minimum Gasteiger partial charge on any atom is -0.373 e. The minimum absolute atomic E-state index is 0.125. The summed E-state index contributed by atoms with van der Waals surface area (Å²) in [4.78, 5) is 22.1. The van der Waals surface area contributed by atoms with Gasteiger partial charge in [0.05, 0.1) is 16.2 Å². The van der Waals surface area contributed by atoms with Gasteiger partial charge >= 0.3 is 0 Å². The molecule has 0 saturated heterocycles. The molecule has 0 fully saturated rings. The summed E-state index contributed by atoms with van der Waals surface area (Å²) >= 11 is 0. The number of anilines is 1. The Morgan fingerprint density at radius 3 is 2.52 bits per heavy atom. The highest BCUT2D eigenvalue weighted by Crippen LogP contribution is 2.22. The lowest BCUT2D eigenvalue weighted by Gasteiger charge is -2.24. The van der Waals surface area contributed by atoms with E-state index in [1.165, 1.54) is 18.2 Å². The van der Waals surface area contributed by atoms with Crippen molar-refractivity contribution in [3.05, 3.63) is 33.9 Å². The van der Waals surface area contributed by atoms with Gasteiger partial charge in [0, 0.05) is 17.7 Å². The van der Waals surface area contributed by atoms with Crippen molar-refractivity contribution < 1.29 is 9.72 Å². The van der Waals surface area contributed by atoms with Crippen molar-refractivity contribution in [1.29, 1.82) is 5.26 Å². The van der Waals surface area contributed by atoms with Crippen molar-refractivity contribution in [2.45, 2.75) is 39.3 Å². The Bertz CT molecular complexity index is 599. The third kappa shape index (κ3) is 4.76. The first-order valence-electron chi connectivity index (χ1n) is 6.41. The van der Waals surface area contributed by atoms with Crippen molar-refractivity contribution in [3.8, 4) is 6.07 Å². The summed E-state index contributed by atoms with van der Waals surface area (Å²) in [7, 11) is 0. The third-order valence-electron chi connectivity index (χ3n) is 2.60. The summed E-state index contributed by atoms with van der Waals surface area (Å²) < 4.78 is 0. The van der Waals surface area contributed by atoms with Gasteiger partial charge < -0.3 is 10.6 Å². The highest BCUT2D eigenvalue weighted by atomic mass is 16.6. The van der Waals surface area contributed by atoms with Gasteiger partial charge in [-0.05, 0) is 33.8 Å². The summed E-state index contributed by atoms with van der Waals surface area (Å²) in [6, 6.07) is 5.21. The Kier molecular flexibility index (Phi) is 4.87. The molecule has 0 radical (unpaired) electrons. The van der Waals surface area contributed by atoms with Crippen LogP contribution in [0.4, 0.5) is 11.4 Å². The van der Waals surface area contributed by atoms with Crippen LogP contribution in [-0.4, -0.2) is 22.4 Å². The molecular formula is C14H18N4O3. The van der Waals surface area contributed by atoms with E-state index in [0.29, 0.717) is 5.69 Å². The van der Waals surface area contributed by atoms with E-state index in [1.807, 2.05) is 26.8 Å². The average Bonchev–Trinajstić information content (AvgIpc) is 2.36. The first-order valence-corrected chi connectivity index (χ1v) is 6.41. The molecule has 0 aromatic heterocycles. The minimum atomic E-state index is -0.571. The van der Waals surface area contributed by atoms with Crippen LogP contribution in [0.5, 0.6) is 0 Å². The predicted octanol–water partition coefficient (Wildman–Crippen LogP) is 2.18. The second-order valence-corrected chi connectivity index (χ2v) is 5.70. The number of carbonyl (C=O) groups is 1. The normalized spacial score (nSPS) is 12.1. The molecule has 0 aliphatic carbocycles. The molecular weight excluding hydrogens is 272 g/mol. The van der Waals surface area contributed by atoms with E-state index in [0.717, 1.165) is 0 Å². The molecule has 1 aromatic carbocycles. The molecule has 0 heterocycles. The van der Waals surface area contributed by atoms with E-state index >= 15 is 0 Å². The number of nitro groups is 1. The maximum atomic E-state index is 12.0. The Morgan fingerprint density at radius 2 is 2.05 bits per heavy atom. The number of nitrogens with one attached hydrogen (secondary N) is 2. The number of nitro benzene ring substituents is 1. The van der Waals surface area contributed by atoms with Crippen LogP contribution in [-0.2, 0) is 4.79 Å². The van der Waals surface area contributed by atoms with Gasteiger partial charge in [-0.15, -0.1) is 0 Å². The van der Waals surface area contributed by atoms with Gasteiger partial charge in [0.25, 0.3) is 5.69 Å². The molecule has 2 N–H and O–H groups in total. The maximum Gasteiger partial charge on any atom is 0.270 e. The molecule has 0 spiro atoms. The van der Waals surface area contributed by atoms with Crippen LogP contribution in [0.3, 0.4) is 0 Å². The lowest BCUT2D eigenvalue weighted by atomic mass is 10.1. The molecule has 7 nitrogen and oxygen atoms in total. The van der Waals surface area contributed by atoms with Crippen molar-refractivity contribution in [3.63, 3.8) is 0 Å². The van der Waals surface area contributed by atoms with Gasteiger partial charge in [-0.2, -0.15) is 5.26 Å². The van der Waals surface area contributed by atoms with Crippen molar-refractivity contribution in [1.82, 2.24) is 5.32 Å². The Balaban J connectivity index is 2.91. The highest BCUT2D eigenvalue weighted by Gasteiger charge is 2.20. The number of carbonyl (C=O) groups excluding carboxylic acids is 1. The molecule has 0 aliphatic heterocycles. The van der Waals surface area contributed by atoms with E-state index in [9.17, 15) is 14.9 Å². The monoisotopic (exact) mass is 290 g/mol. The summed E-state index contributed by atoms with van der Waals surface area (Å²) in [6.07, 6.45) is 0. The lowest BCUT2D eigenvalue weighted by molar-refractivity contribution is -0.384. The van der Waals surface area contributed by atoms with Crippen LogP contribution in [0.15, 0.2) is 18.2 Å². The standard InChI is InChI=1S/C14H18N4O3/c1-9(13(19)17-14(2,3)4)16-12-6-5-11(18(20)21)7-10(12)8-15/h5-7,9,16H,1-4H3,(H,17,19). The van der Waals surface area contributed by atoms with Crippen LogP contribution < -0.4 is 10.6 Å². The van der Waals surface area contributed by atoms with E-state index in [1.54, 1.807) is 6.92 Å². The lowest BCUT2D eigenvalue weighted by Crippen LogP contribution is -2.47. The summed E-state index contributed by atoms with van der Waals surface area (Å²) in [5, 5.41) is 25.4. The van der Waals surface area contributed by atoms with Gasteiger partial charge in [-0.3, -0.25) is 14.9 Å². The third-order valence-corrected chi connectivity index (χ3v) is 2.60. The molecule has 1 unspecified atom stereocenters. The number of nitriles is 1. The summed E-state index contributed by atoms with van der Waals surface area (Å²) in [6.45, 7) is 7.25. The topological polar surface area (TPSA) is 108 Å². The van der Waals surface area contributed by atoms with Gasteiger partial charge in [0.2, 0.25) is 5.91 Å². The van der Waals surface area contributed by atoms with Crippen LogP contribution in [0.1, 0.15) is 33.3 Å². The number of hydrogen-bond acceptors (Lipinski definition) is 5. The van der Waals surface area contributed by atoms with Crippen molar-refractivity contribution in [2.24, 2.45) is 0 Å². The van der Waals surface area contributed by atoms with Gasteiger partial charge in [-0.1, -0.05) is 0 Å². The van der Waals surface area contributed by atoms with Gasteiger partial charge in [-0.25, -0.2) is 0 Å². The first kappa shape index (κ1) is 16.4. The fourth-order valence-corrected chi connectivity index (χ4v) is 1.64. The number of rotatable bonds is 4. The number of nitrogens with zero attached hydrogens (tertiary/aromatic N) is 2.